The first-order chi connectivity index (χ1) is 7.50. The van der Waals surface area contributed by atoms with Crippen molar-refractivity contribution >= 4 is 16.7 Å². The number of hydrogen-bond donors (Lipinski definition) is 1. The molecule has 0 radical (unpaired) electrons. The molecule has 0 aliphatic rings. The smallest absolute Gasteiger partial charge is 0.316 e. The Bertz CT molecular complexity index is 698. The van der Waals surface area contributed by atoms with Gasteiger partial charge in [0.05, 0.1) is 16.0 Å². The molecular weight excluding hydrogens is 214 g/mol. The predicted molar refractivity (Wildman–Crippen MR) is 56.5 cm³/mol. The van der Waals surface area contributed by atoms with Crippen molar-refractivity contribution in [3.63, 3.8) is 0 Å². The molecule has 1 heterocycles. The maximum Gasteiger partial charge on any atom is 0.316 e. The number of aryl methyl sites for hydroxylation is 1. The fraction of sp³-hybridized carbons (Fsp3) is 0.111. The van der Waals surface area contributed by atoms with Crippen molar-refractivity contribution in [3.05, 3.63) is 49.0 Å². The average molecular weight is 221 g/mol. The molecule has 7 heteroatoms. The number of nitro benzene ring substituents is 1. The summed E-state index contributed by atoms with van der Waals surface area (Å²) in [6.07, 6.45) is 0. The number of aromatic amines is 1. The number of nitro groups is 1. The van der Waals surface area contributed by atoms with Crippen LogP contribution in [0.4, 0.5) is 5.69 Å². The van der Waals surface area contributed by atoms with Crippen LogP contribution in [0.25, 0.3) is 11.0 Å². The lowest BCUT2D eigenvalue weighted by Crippen LogP contribution is -2.34. The third-order valence-corrected chi connectivity index (χ3v) is 2.30. The van der Waals surface area contributed by atoms with Gasteiger partial charge < -0.3 is 9.55 Å². The number of nitrogens with one attached hydrogen (secondary N) is 1. The molecule has 0 aliphatic heterocycles. The van der Waals surface area contributed by atoms with E-state index in [-0.39, 0.29) is 5.69 Å². The second kappa shape index (κ2) is 3.30. The van der Waals surface area contributed by atoms with Crippen molar-refractivity contribution < 1.29 is 4.92 Å². The first kappa shape index (κ1) is 10.1. The van der Waals surface area contributed by atoms with E-state index in [1.807, 2.05) is 0 Å². The van der Waals surface area contributed by atoms with Crippen molar-refractivity contribution in [1.29, 1.82) is 0 Å². The Balaban J connectivity index is 2.94. The monoisotopic (exact) mass is 221 g/mol. The molecule has 0 bridgehead atoms. The Morgan fingerprint density at radius 3 is 2.69 bits per heavy atom. The molecule has 7 nitrogen and oxygen atoms in total. The van der Waals surface area contributed by atoms with Crippen LogP contribution < -0.4 is 11.1 Å². The third kappa shape index (κ3) is 1.38. The van der Waals surface area contributed by atoms with Gasteiger partial charge in [-0.05, 0) is 6.07 Å². The van der Waals surface area contributed by atoms with Crippen LogP contribution in [0.15, 0.2) is 27.8 Å². The van der Waals surface area contributed by atoms with Crippen LogP contribution in [0.5, 0.6) is 0 Å². The van der Waals surface area contributed by atoms with Gasteiger partial charge in [0.1, 0.15) is 0 Å². The Labute approximate surface area is 88.1 Å². The molecule has 2 aromatic rings. The van der Waals surface area contributed by atoms with Gasteiger partial charge in [-0.15, -0.1) is 0 Å². The number of nitrogens with zero attached hydrogens (tertiary/aromatic N) is 2. The number of H-pyrrole nitrogens is 1. The lowest BCUT2D eigenvalue weighted by Gasteiger charge is -2.02. The van der Waals surface area contributed by atoms with Crippen LogP contribution >= 0.6 is 0 Å². The van der Waals surface area contributed by atoms with E-state index in [1.165, 1.54) is 25.2 Å². The molecule has 1 aromatic heterocycles. The van der Waals surface area contributed by atoms with E-state index in [4.69, 9.17) is 0 Å². The molecular formula is C9H7N3O4. The van der Waals surface area contributed by atoms with Gasteiger partial charge in [-0.3, -0.25) is 19.7 Å². The van der Waals surface area contributed by atoms with Gasteiger partial charge in [0.2, 0.25) is 0 Å². The number of benzene rings is 1. The van der Waals surface area contributed by atoms with Gasteiger partial charge in [-0.1, -0.05) is 0 Å². The van der Waals surface area contributed by atoms with Crippen molar-refractivity contribution in [1.82, 2.24) is 9.55 Å². The van der Waals surface area contributed by atoms with Gasteiger partial charge in [0.15, 0.2) is 0 Å². The summed E-state index contributed by atoms with van der Waals surface area (Å²) in [6.45, 7) is 0. The third-order valence-electron chi connectivity index (χ3n) is 2.30. The van der Waals surface area contributed by atoms with Crippen LogP contribution in [-0.4, -0.2) is 14.5 Å². The van der Waals surface area contributed by atoms with Crippen molar-refractivity contribution in [2.24, 2.45) is 7.05 Å². The summed E-state index contributed by atoms with van der Waals surface area (Å²) < 4.78 is 1.08. The van der Waals surface area contributed by atoms with Gasteiger partial charge >= 0.3 is 11.1 Å². The molecule has 1 N–H and O–H groups in total. The lowest BCUT2D eigenvalue weighted by molar-refractivity contribution is -0.384. The molecule has 0 saturated heterocycles. The highest BCUT2D eigenvalue weighted by atomic mass is 16.6. The largest absolute Gasteiger partial charge is 0.316 e. The summed E-state index contributed by atoms with van der Waals surface area (Å²) in [5.74, 6) is 0. The van der Waals surface area contributed by atoms with E-state index in [2.05, 4.69) is 4.98 Å². The summed E-state index contributed by atoms with van der Waals surface area (Å²) in [5, 5.41) is 10.6. The van der Waals surface area contributed by atoms with E-state index >= 15 is 0 Å². The van der Waals surface area contributed by atoms with E-state index in [1.54, 1.807) is 0 Å². The Kier molecular flexibility index (Phi) is 2.08. The van der Waals surface area contributed by atoms with E-state index in [0.717, 1.165) is 4.57 Å². The minimum absolute atomic E-state index is 0.130. The fourth-order valence-electron chi connectivity index (χ4n) is 1.45. The Morgan fingerprint density at radius 2 is 2.06 bits per heavy atom. The van der Waals surface area contributed by atoms with Gasteiger partial charge in [0, 0.05) is 19.2 Å². The van der Waals surface area contributed by atoms with Crippen LogP contribution in [0.3, 0.4) is 0 Å². The molecule has 82 valence electrons. The number of fused-ring (bicyclic) bond motifs is 1. The van der Waals surface area contributed by atoms with Crippen molar-refractivity contribution in [2.75, 3.05) is 0 Å². The zero-order valence-electron chi connectivity index (χ0n) is 8.26. The standard InChI is InChI=1S/C9H7N3O4/c1-11-7-4-5(12(15)16)2-3-6(7)10-8(13)9(11)14/h2-4H,1H3,(H,10,13). The summed E-state index contributed by atoms with van der Waals surface area (Å²) in [5.41, 5.74) is -0.914. The lowest BCUT2D eigenvalue weighted by atomic mass is 10.2. The molecule has 0 saturated carbocycles. The maximum atomic E-state index is 11.3. The molecule has 0 amide bonds. The SMILES string of the molecule is Cn1c(=O)c(=O)[nH]c2ccc([N+](=O)[O-])cc21. The topological polar surface area (TPSA) is 98.0 Å². The van der Waals surface area contributed by atoms with E-state index in [9.17, 15) is 19.7 Å². The normalized spacial score (nSPS) is 10.6. The van der Waals surface area contributed by atoms with Crippen LogP contribution in [-0.2, 0) is 7.05 Å². The number of non-ortho nitro benzene ring substituents is 1. The molecule has 0 aliphatic carbocycles. The minimum atomic E-state index is -0.746. The first-order valence-electron chi connectivity index (χ1n) is 4.38. The molecule has 1 aromatic carbocycles. The molecule has 0 atom stereocenters. The summed E-state index contributed by atoms with van der Waals surface area (Å²) >= 11 is 0. The van der Waals surface area contributed by atoms with Crippen LogP contribution in [0.2, 0.25) is 0 Å². The Morgan fingerprint density at radius 1 is 1.38 bits per heavy atom. The number of aromatic nitrogens is 2. The average Bonchev–Trinajstić information content (AvgIpc) is 2.25. The van der Waals surface area contributed by atoms with E-state index < -0.39 is 16.0 Å². The quantitative estimate of drug-likeness (QED) is 0.420. The number of rotatable bonds is 1. The second-order valence-electron chi connectivity index (χ2n) is 3.28. The summed E-state index contributed by atoms with van der Waals surface area (Å²) in [6, 6.07) is 3.91. The predicted octanol–water partition coefficient (Wildman–Crippen LogP) is 0.135. The maximum absolute atomic E-state index is 11.3. The van der Waals surface area contributed by atoms with E-state index in [0.29, 0.717) is 11.0 Å². The summed E-state index contributed by atoms with van der Waals surface area (Å²) in [7, 11) is 1.39. The summed E-state index contributed by atoms with van der Waals surface area (Å²) in [4.78, 5) is 34.8. The highest BCUT2D eigenvalue weighted by molar-refractivity contribution is 5.77. The second-order valence-corrected chi connectivity index (χ2v) is 3.28. The zero-order valence-corrected chi connectivity index (χ0v) is 8.26. The molecule has 0 spiro atoms. The Hall–Kier alpha value is -2.44. The van der Waals surface area contributed by atoms with Crippen molar-refractivity contribution in [2.45, 2.75) is 0 Å². The highest BCUT2D eigenvalue weighted by Gasteiger charge is 2.10. The highest BCUT2D eigenvalue weighted by Crippen LogP contribution is 2.16. The van der Waals surface area contributed by atoms with Crippen LogP contribution in [0.1, 0.15) is 0 Å². The van der Waals surface area contributed by atoms with Gasteiger partial charge in [-0.25, -0.2) is 0 Å². The molecule has 0 fully saturated rings. The first-order valence-corrected chi connectivity index (χ1v) is 4.38. The molecule has 16 heavy (non-hydrogen) atoms. The van der Waals surface area contributed by atoms with Gasteiger partial charge in [0.25, 0.3) is 5.69 Å². The molecule has 0 unspecified atom stereocenters. The minimum Gasteiger partial charge on any atom is -0.316 e. The zero-order chi connectivity index (χ0) is 11.9. The molecule has 2 rings (SSSR count). The number of hydrogen-bond acceptors (Lipinski definition) is 4. The van der Waals surface area contributed by atoms with Crippen LogP contribution in [0, 0.1) is 10.1 Å². The van der Waals surface area contributed by atoms with Crippen molar-refractivity contribution in [3.8, 4) is 0 Å². The fourth-order valence-corrected chi connectivity index (χ4v) is 1.45. The van der Waals surface area contributed by atoms with Gasteiger partial charge in [-0.2, -0.15) is 0 Å².